The summed E-state index contributed by atoms with van der Waals surface area (Å²) in [6.07, 6.45) is 0.643. The van der Waals surface area contributed by atoms with Crippen LogP contribution in [-0.4, -0.2) is 48.7 Å². The highest BCUT2D eigenvalue weighted by Crippen LogP contribution is 2.26. The lowest BCUT2D eigenvalue weighted by molar-refractivity contribution is 0.432. The molecule has 2 aromatic carbocycles. The zero-order valence-corrected chi connectivity index (χ0v) is 19.6. The highest BCUT2D eigenvalue weighted by atomic mass is 35.5. The fourth-order valence-corrected chi connectivity index (χ4v) is 5.76. The molecule has 0 unspecified atom stereocenters. The standard InChI is InChI=1S/C23H25ClN4O3S/c1-17-7-9-19(10-8-17)28-23(29)12-11-22(25-28)26-13-4-14-27(16-15-26)32(30,31)21-6-3-5-20(24)18(21)2/h3,5-12H,4,13-16H2,1-2H3. The largest absolute Gasteiger partial charge is 0.354 e. The van der Waals surface area contributed by atoms with Gasteiger partial charge in [-0.2, -0.15) is 8.99 Å². The topological polar surface area (TPSA) is 75.5 Å². The van der Waals surface area contributed by atoms with Crippen molar-refractivity contribution >= 4 is 27.4 Å². The Kier molecular flexibility index (Phi) is 6.37. The van der Waals surface area contributed by atoms with Gasteiger partial charge in [0.25, 0.3) is 5.56 Å². The van der Waals surface area contributed by atoms with E-state index >= 15 is 0 Å². The van der Waals surface area contributed by atoms with Gasteiger partial charge in [0.15, 0.2) is 0 Å². The summed E-state index contributed by atoms with van der Waals surface area (Å²) in [6.45, 7) is 5.54. The number of benzene rings is 2. The van der Waals surface area contributed by atoms with Crippen LogP contribution in [0.5, 0.6) is 0 Å². The molecule has 32 heavy (non-hydrogen) atoms. The fourth-order valence-electron chi connectivity index (χ4n) is 3.81. The van der Waals surface area contributed by atoms with Gasteiger partial charge in [-0.3, -0.25) is 4.79 Å². The smallest absolute Gasteiger partial charge is 0.271 e. The number of rotatable bonds is 4. The van der Waals surface area contributed by atoms with Crippen molar-refractivity contribution in [2.75, 3.05) is 31.1 Å². The summed E-state index contributed by atoms with van der Waals surface area (Å²) >= 11 is 6.15. The Morgan fingerprint density at radius 1 is 0.906 bits per heavy atom. The molecule has 1 fully saturated rings. The van der Waals surface area contributed by atoms with Crippen molar-refractivity contribution in [3.63, 3.8) is 0 Å². The summed E-state index contributed by atoms with van der Waals surface area (Å²) in [5.41, 5.74) is 2.13. The summed E-state index contributed by atoms with van der Waals surface area (Å²) in [6, 6.07) is 15.7. The first-order chi connectivity index (χ1) is 15.3. The van der Waals surface area contributed by atoms with Gasteiger partial charge in [-0.25, -0.2) is 8.42 Å². The summed E-state index contributed by atoms with van der Waals surface area (Å²) < 4.78 is 29.4. The zero-order chi connectivity index (χ0) is 22.9. The maximum absolute atomic E-state index is 13.3. The number of hydrogen-bond acceptors (Lipinski definition) is 5. The molecule has 1 aliphatic heterocycles. The lowest BCUT2D eigenvalue weighted by atomic mass is 10.2. The second kappa shape index (κ2) is 9.05. The minimum absolute atomic E-state index is 0.215. The molecule has 0 N–H and O–H groups in total. The molecule has 0 amide bonds. The molecule has 1 saturated heterocycles. The molecule has 0 aliphatic carbocycles. The minimum Gasteiger partial charge on any atom is -0.354 e. The van der Waals surface area contributed by atoms with Crippen LogP contribution in [0.25, 0.3) is 5.69 Å². The van der Waals surface area contributed by atoms with Crippen molar-refractivity contribution in [2.24, 2.45) is 0 Å². The van der Waals surface area contributed by atoms with E-state index in [0.717, 1.165) is 5.56 Å². The Bertz CT molecular complexity index is 1290. The van der Waals surface area contributed by atoms with Crippen molar-refractivity contribution in [1.29, 1.82) is 0 Å². The van der Waals surface area contributed by atoms with Gasteiger partial charge in [-0.1, -0.05) is 35.4 Å². The van der Waals surface area contributed by atoms with Gasteiger partial charge in [-0.15, -0.1) is 5.10 Å². The highest BCUT2D eigenvalue weighted by Gasteiger charge is 2.29. The van der Waals surface area contributed by atoms with Crippen LogP contribution >= 0.6 is 11.6 Å². The van der Waals surface area contributed by atoms with Gasteiger partial charge in [0.1, 0.15) is 5.82 Å². The van der Waals surface area contributed by atoms with Crippen LogP contribution in [0.4, 0.5) is 5.82 Å². The second-order valence-corrected chi connectivity index (χ2v) is 10.2. The molecule has 3 aromatic rings. The van der Waals surface area contributed by atoms with Crippen LogP contribution in [-0.2, 0) is 10.0 Å². The molecule has 7 nitrogen and oxygen atoms in total. The van der Waals surface area contributed by atoms with E-state index in [0.29, 0.717) is 54.7 Å². The Hall–Kier alpha value is -2.68. The van der Waals surface area contributed by atoms with Crippen molar-refractivity contribution in [1.82, 2.24) is 14.1 Å². The normalized spacial score (nSPS) is 15.5. The molecular weight excluding hydrogens is 448 g/mol. The van der Waals surface area contributed by atoms with Crippen LogP contribution in [0, 0.1) is 13.8 Å². The summed E-state index contributed by atoms with van der Waals surface area (Å²) in [5, 5.41) is 4.99. The van der Waals surface area contributed by atoms with Crippen LogP contribution in [0.2, 0.25) is 5.02 Å². The van der Waals surface area contributed by atoms with E-state index in [1.54, 1.807) is 31.2 Å². The van der Waals surface area contributed by atoms with E-state index in [4.69, 9.17) is 11.6 Å². The Morgan fingerprint density at radius 3 is 2.41 bits per heavy atom. The molecular formula is C23H25ClN4O3S. The van der Waals surface area contributed by atoms with Gasteiger partial charge < -0.3 is 4.90 Å². The second-order valence-electron chi connectivity index (χ2n) is 7.88. The number of nitrogens with zero attached hydrogens (tertiary/aromatic N) is 4. The molecule has 4 rings (SSSR count). The van der Waals surface area contributed by atoms with E-state index in [1.165, 1.54) is 15.1 Å². The number of aromatic nitrogens is 2. The van der Waals surface area contributed by atoms with E-state index in [-0.39, 0.29) is 10.5 Å². The predicted molar refractivity (Wildman–Crippen MR) is 126 cm³/mol. The Morgan fingerprint density at radius 2 is 1.66 bits per heavy atom. The van der Waals surface area contributed by atoms with E-state index in [2.05, 4.69) is 5.10 Å². The molecule has 1 aromatic heterocycles. The molecule has 0 bridgehead atoms. The number of anilines is 1. The third-order valence-electron chi connectivity index (χ3n) is 5.68. The fraction of sp³-hybridized carbons (Fsp3) is 0.304. The zero-order valence-electron chi connectivity index (χ0n) is 18.0. The third kappa shape index (κ3) is 4.44. The first-order valence-electron chi connectivity index (χ1n) is 10.4. The van der Waals surface area contributed by atoms with Crippen molar-refractivity contribution in [2.45, 2.75) is 25.2 Å². The monoisotopic (exact) mass is 472 g/mol. The number of halogens is 1. The SMILES string of the molecule is Cc1ccc(-n2nc(N3CCCN(S(=O)(=O)c4cccc(Cl)c4C)CC3)ccc2=O)cc1. The predicted octanol–water partition coefficient (Wildman–Crippen LogP) is 3.40. The maximum atomic E-state index is 13.3. The molecule has 0 spiro atoms. The van der Waals surface area contributed by atoms with Gasteiger partial charge >= 0.3 is 0 Å². The Labute approximate surface area is 192 Å². The van der Waals surface area contributed by atoms with Crippen LogP contribution in [0.3, 0.4) is 0 Å². The van der Waals surface area contributed by atoms with Gasteiger partial charge in [0.2, 0.25) is 10.0 Å². The summed E-state index contributed by atoms with van der Waals surface area (Å²) in [5.74, 6) is 0.642. The van der Waals surface area contributed by atoms with Gasteiger partial charge in [0, 0.05) is 37.3 Å². The molecule has 0 saturated carbocycles. The molecule has 2 heterocycles. The first-order valence-corrected chi connectivity index (χ1v) is 12.3. The average molecular weight is 473 g/mol. The Balaban J connectivity index is 1.57. The number of aryl methyl sites for hydroxylation is 1. The van der Waals surface area contributed by atoms with Gasteiger partial charge in [-0.05, 0) is 56.2 Å². The molecule has 9 heteroatoms. The lowest BCUT2D eigenvalue weighted by Crippen LogP contribution is -2.36. The van der Waals surface area contributed by atoms with Gasteiger partial charge in [0.05, 0.1) is 10.6 Å². The minimum atomic E-state index is -3.66. The lowest BCUT2D eigenvalue weighted by Gasteiger charge is -2.23. The first kappa shape index (κ1) is 22.5. The molecule has 1 aliphatic rings. The van der Waals surface area contributed by atoms with E-state index < -0.39 is 10.0 Å². The van der Waals surface area contributed by atoms with E-state index in [9.17, 15) is 13.2 Å². The summed E-state index contributed by atoms with van der Waals surface area (Å²) in [4.78, 5) is 14.6. The molecule has 0 atom stereocenters. The summed E-state index contributed by atoms with van der Waals surface area (Å²) in [7, 11) is -3.66. The number of sulfonamides is 1. The van der Waals surface area contributed by atoms with Crippen LogP contribution in [0.1, 0.15) is 17.5 Å². The highest BCUT2D eigenvalue weighted by molar-refractivity contribution is 7.89. The van der Waals surface area contributed by atoms with Crippen molar-refractivity contribution < 1.29 is 8.42 Å². The van der Waals surface area contributed by atoms with E-state index in [1.807, 2.05) is 36.1 Å². The third-order valence-corrected chi connectivity index (χ3v) is 8.13. The van der Waals surface area contributed by atoms with Crippen molar-refractivity contribution in [3.8, 4) is 5.69 Å². The molecule has 0 radical (unpaired) electrons. The maximum Gasteiger partial charge on any atom is 0.271 e. The quantitative estimate of drug-likeness (QED) is 0.581. The molecule has 168 valence electrons. The van der Waals surface area contributed by atoms with Crippen molar-refractivity contribution in [3.05, 3.63) is 81.1 Å². The van der Waals surface area contributed by atoms with Crippen LogP contribution < -0.4 is 10.5 Å². The number of hydrogen-bond donors (Lipinski definition) is 0. The van der Waals surface area contributed by atoms with Crippen LogP contribution in [0.15, 0.2) is 64.3 Å². The average Bonchev–Trinajstić information content (AvgIpc) is 3.03.